The van der Waals surface area contributed by atoms with Gasteiger partial charge in [-0.3, -0.25) is 0 Å². The van der Waals surface area contributed by atoms with E-state index >= 15 is 0 Å². The Morgan fingerprint density at radius 1 is 1.00 bits per heavy atom. The maximum absolute atomic E-state index is 13.5. The van der Waals surface area contributed by atoms with Crippen molar-refractivity contribution in [1.29, 1.82) is 0 Å². The molecule has 2 unspecified atom stereocenters. The fourth-order valence-corrected chi connectivity index (χ4v) is 3.90. The number of hydrazone groups is 1. The average Bonchev–Trinajstić information content (AvgIpc) is 3.20. The molecule has 2 heterocycles. The molecule has 0 bridgehead atoms. The molecule has 4 nitrogen and oxygen atoms in total. The highest BCUT2D eigenvalue weighted by Crippen LogP contribution is 2.50. The topological polar surface area (TPSA) is 34.1 Å². The van der Waals surface area contributed by atoms with E-state index in [9.17, 15) is 4.39 Å². The molecule has 0 spiro atoms. The van der Waals surface area contributed by atoms with E-state index in [0.29, 0.717) is 5.75 Å². The summed E-state index contributed by atoms with van der Waals surface area (Å²) in [5.41, 5.74) is 4.00. The monoisotopic (exact) mass is 374 g/mol. The Bertz CT molecular complexity index is 1030. The summed E-state index contributed by atoms with van der Waals surface area (Å²) < 4.78 is 25.3. The minimum Gasteiger partial charge on any atom is -0.493 e. The number of halogens is 1. The van der Waals surface area contributed by atoms with Gasteiger partial charge in [0.1, 0.15) is 5.82 Å². The van der Waals surface area contributed by atoms with Crippen molar-refractivity contribution in [2.75, 3.05) is 7.11 Å². The van der Waals surface area contributed by atoms with Crippen LogP contribution >= 0.6 is 0 Å². The Labute approximate surface area is 162 Å². The van der Waals surface area contributed by atoms with Gasteiger partial charge in [0.05, 0.1) is 18.9 Å². The second-order valence-electron chi connectivity index (χ2n) is 6.91. The molecule has 0 amide bonds. The van der Waals surface area contributed by atoms with Crippen LogP contribution in [0.5, 0.6) is 11.5 Å². The number of nitrogens with zero attached hydrogens (tertiary/aromatic N) is 2. The van der Waals surface area contributed by atoms with Gasteiger partial charge in [0.25, 0.3) is 0 Å². The first-order chi connectivity index (χ1) is 13.7. The van der Waals surface area contributed by atoms with Gasteiger partial charge in [-0.05, 0) is 23.8 Å². The summed E-state index contributed by atoms with van der Waals surface area (Å²) in [5.74, 6) is 1.14. The number of hydrogen-bond acceptors (Lipinski definition) is 4. The van der Waals surface area contributed by atoms with E-state index in [-0.39, 0.29) is 11.9 Å². The van der Waals surface area contributed by atoms with Crippen LogP contribution in [0.4, 0.5) is 4.39 Å². The van der Waals surface area contributed by atoms with Gasteiger partial charge in [-0.25, -0.2) is 9.40 Å². The first-order valence-corrected chi connectivity index (χ1v) is 9.25. The van der Waals surface area contributed by atoms with Gasteiger partial charge in [-0.2, -0.15) is 5.10 Å². The van der Waals surface area contributed by atoms with Crippen molar-refractivity contribution in [1.82, 2.24) is 5.01 Å². The molecule has 0 N–H and O–H groups in total. The second kappa shape index (κ2) is 6.68. The van der Waals surface area contributed by atoms with E-state index in [0.717, 1.165) is 34.6 Å². The number of fused-ring (bicyclic) bond motifs is 3. The van der Waals surface area contributed by atoms with Crippen molar-refractivity contribution in [3.05, 3.63) is 95.3 Å². The third-order valence-corrected chi connectivity index (χ3v) is 5.26. The Kier molecular flexibility index (Phi) is 4.01. The number of hydrogen-bond donors (Lipinski definition) is 0. The summed E-state index contributed by atoms with van der Waals surface area (Å²) in [6.07, 6.45) is 0.321. The molecular formula is C23H19FN2O2. The minimum absolute atomic E-state index is 0.0316. The number of benzene rings is 3. The van der Waals surface area contributed by atoms with Crippen LogP contribution in [0, 0.1) is 5.82 Å². The predicted molar refractivity (Wildman–Crippen MR) is 105 cm³/mol. The van der Waals surface area contributed by atoms with Crippen molar-refractivity contribution >= 4 is 5.71 Å². The summed E-state index contributed by atoms with van der Waals surface area (Å²) in [6.45, 7) is 0. The van der Waals surface area contributed by atoms with Crippen molar-refractivity contribution in [2.24, 2.45) is 5.10 Å². The van der Waals surface area contributed by atoms with Gasteiger partial charge in [0.15, 0.2) is 11.5 Å². The molecule has 5 rings (SSSR count). The fraction of sp³-hybridized carbons (Fsp3) is 0.174. The van der Waals surface area contributed by atoms with Crippen LogP contribution in [0.15, 0.2) is 77.9 Å². The smallest absolute Gasteiger partial charge is 0.214 e. The molecule has 0 saturated carbocycles. The van der Waals surface area contributed by atoms with Gasteiger partial charge in [-0.1, -0.05) is 54.6 Å². The maximum Gasteiger partial charge on any atom is 0.214 e. The van der Waals surface area contributed by atoms with E-state index in [2.05, 4.69) is 18.2 Å². The molecule has 140 valence electrons. The Morgan fingerprint density at radius 3 is 2.54 bits per heavy atom. The minimum atomic E-state index is -0.449. The van der Waals surface area contributed by atoms with Crippen LogP contribution < -0.4 is 9.47 Å². The van der Waals surface area contributed by atoms with Gasteiger partial charge in [-0.15, -0.1) is 0 Å². The summed E-state index contributed by atoms with van der Waals surface area (Å²) in [4.78, 5) is 0. The van der Waals surface area contributed by atoms with Crippen molar-refractivity contribution in [3.8, 4) is 11.5 Å². The lowest BCUT2D eigenvalue weighted by Gasteiger charge is -2.38. The first kappa shape index (κ1) is 16.8. The average molecular weight is 374 g/mol. The molecule has 0 aliphatic carbocycles. The molecule has 3 aromatic carbocycles. The third-order valence-electron chi connectivity index (χ3n) is 5.26. The zero-order chi connectivity index (χ0) is 19.1. The standard InChI is InChI=1S/C23H19FN2O2/c1-27-21-9-5-8-18-20-14-19(15-6-3-2-4-7-15)25-26(20)23(28-22(18)21)16-10-12-17(24)13-11-16/h2-13,20,23H,14H2,1H3. The third kappa shape index (κ3) is 2.71. The van der Waals surface area contributed by atoms with Crippen molar-refractivity contribution in [2.45, 2.75) is 18.7 Å². The highest BCUT2D eigenvalue weighted by atomic mass is 19.1. The van der Waals surface area contributed by atoms with Crippen molar-refractivity contribution in [3.63, 3.8) is 0 Å². The lowest BCUT2D eigenvalue weighted by atomic mass is 9.95. The normalized spacial score (nSPS) is 20.1. The summed E-state index contributed by atoms with van der Waals surface area (Å²) >= 11 is 0. The Morgan fingerprint density at radius 2 is 1.79 bits per heavy atom. The predicted octanol–water partition coefficient (Wildman–Crippen LogP) is 5.08. The number of para-hydroxylation sites is 1. The molecule has 3 aromatic rings. The van der Waals surface area contributed by atoms with Crippen LogP contribution in [-0.4, -0.2) is 17.8 Å². The molecule has 28 heavy (non-hydrogen) atoms. The summed E-state index contributed by atoms with van der Waals surface area (Å²) in [6, 6.07) is 22.5. The molecule has 5 heteroatoms. The van der Waals surface area contributed by atoms with Crippen LogP contribution in [-0.2, 0) is 0 Å². The SMILES string of the molecule is COc1cccc2c1OC(c1ccc(F)cc1)N1N=C(c3ccccc3)CC21. The van der Waals surface area contributed by atoms with Gasteiger partial charge >= 0.3 is 0 Å². The number of ether oxygens (including phenoxy) is 2. The number of methoxy groups -OCH3 is 1. The molecule has 2 aliphatic heterocycles. The van der Waals surface area contributed by atoms with E-state index < -0.39 is 6.23 Å². The molecule has 0 fully saturated rings. The summed E-state index contributed by atoms with van der Waals surface area (Å²) in [5, 5.41) is 6.89. The van der Waals surface area contributed by atoms with E-state index in [1.54, 1.807) is 19.2 Å². The first-order valence-electron chi connectivity index (χ1n) is 9.25. The van der Waals surface area contributed by atoms with Crippen LogP contribution in [0.3, 0.4) is 0 Å². The molecule has 2 atom stereocenters. The molecule has 0 radical (unpaired) electrons. The van der Waals surface area contributed by atoms with Crippen LogP contribution in [0.2, 0.25) is 0 Å². The molecule has 0 aromatic heterocycles. The largest absolute Gasteiger partial charge is 0.493 e. The van der Waals surface area contributed by atoms with E-state index in [4.69, 9.17) is 14.6 Å². The number of rotatable bonds is 3. The molecular weight excluding hydrogens is 355 g/mol. The van der Waals surface area contributed by atoms with Crippen LogP contribution in [0.1, 0.15) is 35.4 Å². The lowest BCUT2D eigenvalue weighted by Crippen LogP contribution is -2.33. The highest BCUT2D eigenvalue weighted by molar-refractivity contribution is 6.01. The zero-order valence-corrected chi connectivity index (χ0v) is 15.4. The van der Waals surface area contributed by atoms with E-state index in [1.807, 2.05) is 35.3 Å². The quantitative estimate of drug-likeness (QED) is 0.641. The molecule has 0 saturated heterocycles. The van der Waals surface area contributed by atoms with Gasteiger partial charge in [0.2, 0.25) is 6.23 Å². The maximum atomic E-state index is 13.5. The second-order valence-corrected chi connectivity index (χ2v) is 6.91. The van der Waals surface area contributed by atoms with Crippen LogP contribution in [0.25, 0.3) is 0 Å². The lowest BCUT2D eigenvalue weighted by molar-refractivity contribution is -0.0209. The highest BCUT2D eigenvalue weighted by Gasteiger charge is 2.42. The van der Waals surface area contributed by atoms with Crippen molar-refractivity contribution < 1.29 is 13.9 Å². The fourth-order valence-electron chi connectivity index (χ4n) is 3.90. The van der Waals surface area contributed by atoms with E-state index in [1.165, 1.54) is 12.1 Å². The van der Waals surface area contributed by atoms with Gasteiger partial charge < -0.3 is 9.47 Å². The molecule has 2 aliphatic rings. The zero-order valence-electron chi connectivity index (χ0n) is 15.4. The Hall–Kier alpha value is -3.34. The van der Waals surface area contributed by atoms with Gasteiger partial charge in [0, 0.05) is 17.5 Å². The Balaban J connectivity index is 1.62. The summed E-state index contributed by atoms with van der Waals surface area (Å²) in [7, 11) is 1.64.